The lowest BCUT2D eigenvalue weighted by atomic mass is 10.2. The van der Waals surface area contributed by atoms with Gasteiger partial charge in [-0.15, -0.1) is 11.3 Å². The quantitative estimate of drug-likeness (QED) is 0.589. The molecule has 0 saturated heterocycles. The number of thiazole rings is 1. The van der Waals surface area contributed by atoms with Gasteiger partial charge >= 0.3 is 0 Å². The third-order valence-corrected chi connectivity index (χ3v) is 7.66. The Bertz CT molecular complexity index is 1120. The van der Waals surface area contributed by atoms with Gasteiger partial charge in [0.25, 0.3) is 15.9 Å². The van der Waals surface area contributed by atoms with Crippen molar-refractivity contribution in [1.29, 1.82) is 0 Å². The topological polar surface area (TPSA) is 79.4 Å². The number of rotatable bonds is 7. The molecule has 2 aromatic carbocycles. The van der Waals surface area contributed by atoms with Crippen LogP contribution in [-0.2, 0) is 16.6 Å². The minimum atomic E-state index is -3.67. The first-order chi connectivity index (χ1) is 14.2. The molecule has 0 atom stereocenters. The Kier molecular flexibility index (Phi) is 6.58. The molecule has 6 nitrogen and oxygen atoms in total. The van der Waals surface area contributed by atoms with Gasteiger partial charge < -0.3 is 5.32 Å². The van der Waals surface area contributed by atoms with Crippen molar-refractivity contribution in [2.75, 3.05) is 11.4 Å². The van der Waals surface area contributed by atoms with Gasteiger partial charge in [0.2, 0.25) is 0 Å². The first-order valence-corrected chi connectivity index (χ1v) is 11.9. The van der Waals surface area contributed by atoms with E-state index in [0.29, 0.717) is 23.7 Å². The van der Waals surface area contributed by atoms with Crippen molar-refractivity contribution in [3.8, 4) is 0 Å². The van der Waals surface area contributed by atoms with Crippen LogP contribution in [0.25, 0.3) is 0 Å². The molecule has 1 amide bonds. The molecule has 0 saturated carbocycles. The van der Waals surface area contributed by atoms with Crippen LogP contribution in [0.5, 0.6) is 0 Å². The van der Waals surface area contributed by atoms with Gasteiger partial charge in [0, 0.05) is 23.9 Å². The highest BCUT2D eigenvalue weighted by Gasteiger charge is 2.21. The monoisotopic (exact) mass is 443 g/mol. The van der Waals surface area contributed by atoms with Crippen LogP contribution >= 0.6 is 11.3 Å². The van der Waals surface area contributed by atoms with Crippen molar-refractivity contribution in [2.24, 2.45) is 0 Å². The fourth-order valence-corrected chi connectivity index (χ4v) is 4.80. The largest absolute Gasteiger partial charge is 0.346 e. The van der Waals surface area contributed by atoms with Crippen molar-refractivity contribution >= 4 is 33.0 Å². The maximum Gasteiger partial charge on any atom is 0.264 e. The van der Waals surface area contributed by atoms with E-state index in [1.165, 1.54) is 11.4 Å². The third kappa shape index (κ3) is 4.88. The van der Waals surface area contributed by atoms with Crippen molar-refractivity contribution < 1.29 is 13.2 Å². The maximum absolute atomic E-state index is 12.8. The van der Waals surface area contributed by atoms with Gasteiger partial charge in [-0.1, -0.05) is 31.5 Å². The Hall–Kier alpha value is -2.71. The van der Waals surface area contributed by atoms with Crippen LogP contribution in [0.3, 0.4) is 0 Å². The zero-order chi connectivity index (χ0) is 21.9. The third-order valence-electron chi connectivity index (χ3n) is 4.67. The standard InChI is InChI=1S/C22H25N3O3S2/c1-15(2)22-24-18(14-29-22)13-23-21(26)17-7-9-19(10-8-17)25(4)30(27,28)20-11-5-16(3)6-12-20/h5-12,14-15H,13H2,1-4H3,(H,23,26). The maximum atomic E-state index is 12.8. The van der Waals surface area contributed by atoms with E-state index in [1.807, 2.05) is 12.3 Å². The minimum absolute atomic E-state index is 0.224. The molecule has 0 fully saturated rings. The number of nitrogens with zero attached hydrogens (tertiary/aromatic N) is 2. The summed E-state index contributed by atoms with van der Waals surface area (Å²) in [6.45, 7) is 6.42. The molecule has 0 spiro atoms. The summed E-state index contributed by atoms with van der Waals surface area (Å²) in [5.41, 5.74) is 2.76. The highest BCUT2D eigenvalue weighted by Crippen LogP contribution is 2.23. The van der Waals surface area contributed by atoms with Crippen LogP contribution in [0.1, 0.15) is 46.4 Å². The van der Waals surface area contributed by atoms with Gasteiger partial charge in [0.15, 0.2) is 0 Å². The number of anilines is 1. The Morgan fingerprint density at radius 2 is 1.73 bits per heavy atom. The molecule has 0 aliphatic heterocycles. The van der Waals surface area contributed by atoms with Crippen molar-refractivity contribution in [3.63, 3.8) is 0 Å². The molecule has 1 aromatic heterocycles. The van der Waals surface area contributed by atoms with E-state index in [4.69, 9.17) is 0 Å². The first kappa shape index (κ1) is 22.0. The number of amides is 1. The van der Waals surface area contributed by atoms with Gasteiger partial charge in [0.1, 0.15) is 0 Å². The summed E-state index contributed by atoms with van der Waals surface area (Å²) < 4.78 is 26.8. The number of sulfonamides is 1. The summed E-state index contributed by atoms with van der Waals surface area (Å²) in [7, 11) is -2.17. The van der Waals surface area contributed by atoms with E-state index < -0.39 is 10.0 Å². The average Bonchev–Trinajstić information content (AvgIpc) is 3.21. The predicted molar refractivity (Wildman–Crippen MR) is 121 cm³/mol. The van der Waals surface area contributed by atoms with E-state index >= 15 is 0 Å². The minimum Gasteiger partial charge on any atom is -0.346 e. The van der Waals surface area contributed by atoms with Crippen molar-refractivity contribution in [3.05, 3.63) is 75.7 Å². The zero-order valence-electron chi connectivity index (χ0n) is 17.4. The zero-order valence-corrected chi connectivity index (χ0v) is 19.0. The van der Waals surface area contributed by atoms with E-state index in [9.17, 15) is 13.2 Å². The number of hydrogen-bond donors (Lipinski definition) is 1. The number of benzene rings is 2. The lowest BCUT2D eigenvalue weighted by Crippen LogP contribution is -2.27. The van der Waals surface area contributed by atoms with Gasteiger partial charge in [-0.25, -0.2) is 13.4 Å². The molecule has 0 bridgehead atoms. The fourth-order valence-electron chi connectivity index (χ4n) is 2.77. The van der Waals surface area contributed by atoms with Crippen molar-refractivity contribution in [1.82, 2.24) is 10.3 Å². The summed E-state index contributed by atoms with van der Waals surface area (Å²) in [5.74, 6) is 0.130. The predicted octanol–water partition coefficient (Wildman–Crippen LogP) is 4.33. The highest BCUT2D eigenvalue weighted by molar-refractivity contribution is 7.92. The molecule has 0 aliphatic rings. The van der Waals surface area contributed by atoms with Crippen LogP contribution in [0, 0.1) is 6.92 Å². The Morgan fingerprint density at radius 1 is 1.10 bits per heavy atom. The molecule has 8 heteroatoms. The molecule has 0 radical (unpaired) electrons. The first-order valence-electron chi connectivity index (χ1n) is 9.56. The second-order valence-electron chi connectivity index (χ2n) is 7.35. The number of aryl methyl sites for hydroxylation is 1. The van der Waals surface area contributed by atoms with Gasteiger partial charge in [0.05, 0.1) is 27.8 Å². The van der Waals surface area contributed by atoms with Gasteiger partial charge in [-0.05, 0) is 43.3 Å². The van der Waals surface area contributed by atoms with Gasteiger partial charge in [-0.3, -0.25) is 9.10 Å². The van der Waals surface area contributed by atoms with E-state index in [1.54, 1.807) is 59.9 Å². The Labute approximate surface area is 181 Å². The number of nitrogens with one attached hydrogen (secondary N) is 1. The fraction of sp³-hybridized carbons (Fsp3) is 0.273. The van der Waals surface area contributed by atoms with E-state index in [-0.39, 0.29) is 10.8 Å². The summed E-state index contributed by atoms with van der Waals surface area (Å²) in [6.07, 6.45) is 0. The molecule has 0 aliphatic carbocycles. The van der Waals surface area contributed by atoms with Crippen LogP contribution < -0.4 is 9.62 Å². The molecule has 3 rings (SSSR count). The second-order valence-corrected chi connectivity index (χ2v) is 10.2. The lowest BCUT2D eigenvalue weighted by Gasteiger charge is -2.20. The summed E-state index contributed by atoms with van der Waals surface area (Å²) in [6, 6.07) is 13.2. The van der Waals surface area contributed by atoms with Crippen LogP contribution in [0.15, 0.2) is 58.8 Å². The highest BCUT2D eigenvalue weighted by atomic mass is 32.2. The Balaban J connectivity index is 1.67. The summed E-state index contributed by atoms with van der Waals surface area (Å²) in [5, 5.41) is 5.84. The molecule has 3 aromatic rings. The van der Waals surface area contributed by atoms with Crippen LogP contribution in [0.4, 0.5) is 5.69 Å². The normalized spacial score (nSPS) is 11.5. The second kappa shape index (κ2) is 8.97. The molecular weight excluding hydrogens is 418 g/mol. The van der Waals surface area contributed by atoms with Crippen LogP contribution in [-0.4, -0.2) is 26.4 Å². The number of carbonyl (C=O) groups excluding carboxylic acids is 1. The molecule has 158 valence electrons. The van der Waals surface area contributed by atoms with Gasteiger partial charge in [-0.2, -0.15) is 0 Å². The average molecular weight is 444 g/mol. The van der Waals surface area contributed by atoms with Crippen molar-refractivity contribution in [2.45, 2.75) is 38.1 Å². The van der Waals surface area contributed by atoms with E-state index in [0.717, 1.165) is 16.3 Å². The number of carbonyl (C=O) groups is 1. The summed E-state index contributed by atoms with van der Waals surface area (Å²) >= 11 is 1.59. The molecule has 1 heterocycles. The number of aromatic nitrogens is 1. The molecule has 30 heavy (non-hydrogen) atoms. The molecule has 0 unspecified atom stereocenters. The van der Waals surface area contributed by atoms with Crippen LogP contribution in [0.2, 0.25) is 0 Å². The Morgan fingerprint density at radius 3 is 2.30 bits per heavy atom. The SMILES string of the molecule is Cc1ccc(S(=O)(=O)N(C)c2ccc(C(=O)NCc3csc(C(C)C)n3)cc2)cc1. The molecule has 1 N–H and O–H groups in total. The smallest absolute Gasteiger partial charge is 0.264 e. The number of hydrogen-bond acceptors (Lipinski definition) is 5. The van der Waals surface area contributed by atoms with E-state index in [2.05, 4.69) is 24.1 Å². The lowest BCUT2D eigenvalue weighted by molar-refractivity contribution is 0.0950. The molecular formula is C22H25N3O3S2. The summed E-state index contributed by atoms with van der Waals surface area (Å²) in [4.78, 5) is 17.2.